The van der Waals surface area contributed by atoms with E-state index >= 15 is 0 Å². The van der Waals surface area contributed by atoms with Crippen LogP contribution in [-0.4, -0.2) is 30.6 Å². The van der Waals surface area contributed by atoms with Crippen LogP contribution in [-0.2, 0) is 0 Å². The van der Waals surface area contributed by atoms with Gasteiger partial charge in [-0.25, -0.2) is 4.98 Å². The highest BCUT2D eigenvalue weighted by molar-refractivity contribution is 6.03. The molecule has 0 aliphatic rings. The van der Waals surface area contributed by atoms with Gasteiger partial charge in [-0.1, -0.05) is 36.4 Å². The predicted molar refractivity (Wildman–Crippen MR) is 108 cm³/mol. The van der Waals surface area contributed by atoms with Gasteiger partial charge in [0.1, 0.15) is 23.5 Å². The zero-order valence-corrected chi connectivity index (χ0v) is 15.6. The third-order valence-corrected chi connectivity index (χ3v) is 4.36. The van der Waals surface area contributed by atoms with Gasteiger partial charge in [-0.05, 0) is 43.7 Å². The van der Waals surface area contributed by atoms with E-state index in [4.69, 9.17) is 0 Å². The van der Waals surface area contributed by atoms with E-state index in [1.807, 2.05) is 66.9 Å². The maximum absolute atomic E-state index is 12.6. The Morgan fingerprint density at radius 3 is 2.64 bits per heavy atom. The van der Waals surface area contributed by atoms with Gasteiger partial charge >= 0.3 is 0 Å². The second-order valence-electron chi connectivity index (χ2n) is 6.67. The summed E-state index contributed by atoms with van der Waals surface area (Å²) >= 11 is 0. The Balaban J connectivity index is 1.54. The van der Waals surface area contributed by atoms with E-state index in [-0.39, 0.29) is 11.9 Å². The Morgan fingerprint density at radius 1 is 1.04 bits per heavy atom. The minimum absolute atomic E-state index is 0.209. The van der Waals surface area contributed by atoms with Crippen molar-refractivity contribution >= 4 is 11.7 Å². The lowest BCUT2D eigenvalue weighted by atomic mass is 10.2. The number of carbonyl (C=O) groups excluding carboxylic acids is 1. The number of nitrogens with one attached hydrogen (secondary N) is 2. The third kappa shape index (κ3) is 3.55. The fraction of sp³-hybridized carbons (Fsp3) is 0.143. The molecule has 0 spiro atoms. The number of hydrogen-bond donors (Lipinski definition) is 2. The number of H-pyrrole nitrogens is 1. The molecule has 1 aromatic carbocycles. The highest BCUT2D eigenvalue weighted by Gasteiger charge is 2.14. The number of amides is 1. The molecule has 0 fully saturated rings. The van der Waals surface area contributed by atoms with Gasteiger partial charge in [0.2, 0.25) is 0 Å². The number of nitrogens with zero attached hydrogens (tertiary/aromatic N) is 4. The van der Waals surface area contributed by atoms with Crippen molar-refractivity contribution in [3.05, 3.63) is 72.7 Å². The van der Waals surface area contributed by atoms with Crippen molar-refractivity contribution in [2.75, 3.05) is 5.32 Å². The number of carbonyl (C=O) groups is 1. The Kier molecular flexibility index (Phi) is 4.72. The van der Waals surface area contributed by atoms with E-state index in [0.29, 0.717) is 23.0 Å². The first-order chi connectivity index (χ1) is 13.6. The summed E-state index contributed by atoms with van der Waals surface area (Å²) in [5.74, 6) is 0.867. The number of aromatic nitrogens is 5. The molecule has 0 saturated carbocycles. The van der Waals surface area contributed by atoms with Crippen molar-refractivity contribution in [3.8, 4) is 22.8 Å². The van der Waals surface area contributed by atoms with E-state index < -0.39 is 0 Å². The summed E-state index contributed by atoms with van der Waals surface area (Å²) in [5, 5.41) is 11.0. The van der Waals surface area contributed by atoms with Gasteiger partial charge in [-0.3, -0.25) is 4.79 Å². The van der Waals surface area contributed by atoms with Crippen LogP contribution < -0.4 is 5.32 Å². The molecule has 0 aliphatic heterocycles. The topological polar surface area (TPSA) is 88.5 Å². The van der Waals surface area contributed by atoms with E-state index in [1.165, 1.54) is 0 Å². The minimum Gasteiger partial charge on any atom is -0.351 e. The van der Waals surface area contributed by atoms with Crippen molar-refractivity contribution in [1.82, 2.24) is 24.7 Å². The second kappa shape index (κ2) is 7.48. The van der Waals surface area contributed by atoms with Crippen molar-refractivity contribution < 1.29 is 4.79 Å². The fourth-order valence-corrected chi connectivity index (χ4v) is 2.93. The summed E-state index contributed by atoms with van der Waals surface area (Å²) in [4.78, 5) is 20.3. The van der Waals surface area contributed by atoms with E-state index in [9.17, 15) is 4.79 Å². The van der Waals surface area contributed by atoms with Crippen molar-refractivity contribution in [2.24, 2.45) is 0 Å². The Morgan fingerprint density at radius 2 is 1.86 bits per heavy atom. The lowest BCUT2D eigenvalue weighted by molar-refractivity contribution is 0.102. The third-order valence-electron chi connectivity index (χ3n) is 4.36. The first-order valence-corrected chi connectivity index (χ1v) is 9.04. The summed E-state index contributed by atoms with van der Waals surface area (Å²) in [6, 6.07) is 19.1. The van der Waals surface area contributed by atoms with Crippen LogP contribution in [0.15, 0.2) is 67.0 Å². The number of rotatable bonds is 5. The lowest BCUT2D eigenvalue weighted by Gasteiger charge is -2.10. The molecule has 28 heavy (non-hydrogen) atoms. The molecule has 1 amide bonds. The number of benzene rings is 1. The van der Waals surface area contributed by atoms with Gasteiger partial charge in [-0.15, -0.1) is 10.2 Å². The fourth-order valence-electron chi connectivity index (χ4n) is 2.93. The first-order valence-electron chi connectivity index (χ1n) is 9.04. The number of pyridine rings is 1. The largest absolute Gasteiger partial charge is 0.351 e. The smallest absolute Gasteiger partial charge is 0.273 e. The quantitative estimate of drug-likeness (QED) is 0.550. The lowest BCUT2D eigenvalue weighted by Crippen LogP contribution is -2.13. The average Bonchev–Trinajstić information content (AvgIpc) is 3.39. The van der Waals surface area contributed by atoms with Crippen molar-refractivity contribution in [1.29, 1.82) is 0 Å². The highest BCUT2D eigenvalue weighted by Crippen LogP contribution is 2.21. The molecule has 0 radical (unpaired) electrons. The van der Waals surface area contributed by atoms with Gasteiger partial charge in [0.25, 0.3) is 5.91 Å². The number of hydrogen-bond acceptors (Lipinski definition) is 4. The molecule has 4 aromatic rings. The molecule has 0 aliphatic carbocycles. The Bertz CT molecular complexity index is 1100. The minimum atomic E-state index is -0.253. The molecule has 0 bridgehead atoms. The highest BCUT2D eigenvalue weighted by atomic mass is 16.1. The molecule has 7 heteroatoms. The van der Waals surface area contributed by atoms with Crippen LogP contribution in [0.25, 0.3) is 22.8 Å². The predicted octanol–water partition coefficient (Wildman–Crippen LogP) is 4.17. The average molecular weight is 372 g/mol. The maximum atomic E-state index is 12.6. The molecule has 0 unspecified atom stereocenters. The molecular formula is C21H20N6O. The maximum Gasteiger partial charge on any atom is 0.273 e. The molecule has 3 heterocycles. The van der Waals surface area contributed by atoms with Gasteiger partial charge in [0, 0.05) is 11.7 Å². The van der Waals surface area contributed by atoms with Gasteiger partial charge in [0.05, 0.1) is 0 Å². The number of aromatic amines is 1. The van der Waals surface area contributed by atoms with Crippen LogP contribution in [0.2, 0.25) is 0 Å². The van der Waals surface area contributed by atoms with E-state index in [2.05, 4.69) is 25.5 Å². The molecule has 7 nitrogen and oxygen atoms in total. The van der Waals surface area contributed by atoms with Crippen LogP contribution in [0.4, 0.5) is 5.82 Å². The van der Waals surface area contributed by atoms with Gasteiger partial charge in [-0.2, -0.15) is 0 Å². The van der Waals surface area contributed by atoms with Crippen LogP contribution in [0.1, 0.15) is 30.4 Å². The SMILES string of the molecule is CC(C)n1cnnc1-c1cccc(NC(=O)c2ccc(-c3ccccc3)[nH]2)n1. The summed E-state index contributed by atoms with van der Waals surface area (Å²) in [6.07, 6.45) is 1.68. The second-order valence-corrected chi connectivity index (χ2v) is 6.67. The van der Waals surface area contributed by atoms with Crippen LogP contribution in [0.5, 0.6) is 0 Å². The summed E-state index contributed by atoms with van der Waals surface area (Å²) in [6.45, 7) is 4.10. The standard InChI is InChI=1S/C21H20N6O/c1-14(2)27-13-22-26-20(27)17-9-6-10-19(24-17)25-21(28)18-12-11-16(23-18)15-7-4-3-5-8-15/h3-14,23H,1-2H3,(H,24,25,28). The van der Waals surface area contributed by atoms with Crippen molar-refractivity contribution in [3.63, 3.8) is 0 Å². The van der Waals surface area contributed by atoms with Crippen LogP contribution >= 0.6 is 0 Å². The molecule has 0 saturated heterocycles. The van der Waals surface area contributed by atoms with Crippen LogP contribution in [0, 0.1) is 0 Å². The monoisotopic (exact) mass is 372 g/mol. The Labute approximate surface area is 162 Å². The molecule has 3 aromatic heterocycles. The van der Waals surface area contributed by atoms with Crippen molar-refractivity contribution in [2.45, 2.75) is 19.9 Å². The van der Waals surface area contributed by atoms with Gasteiger partial charge in [0.15, 0.2) is 5.82 Å². The summed E-state index contributed by atoms with van der Waals surface area (Å²) in [5.41, 5.74) is 3.03. The molecule has 0 atom stereocenters. The summed E-state index contributed by atoms with van der Waals surface area (Å²) < 4.78 is 1.94. The zero-order valence-electron chi connectivity index (χ0n) is 15.6. The normalized spacial score (nSPS) is 11.0. The van der Waals surface area contributed by atoms with E-state index in [0.717, 1.165) is 11.3 Å². The zero-order chi connectivity index (χ0) is 19.5. The molecule has 4 rings (SSSR count). The Hall–Kier alpha value is -3.74. The molecule has 140 valence electrons. The van der Waals surface area contributed by atoms with Crippen LogP contribution in [0.3, 0.4) is 0 Å². The summed E-state index contributed by atoms with van der Waals surface area (Å²) in [7, 11) is 0. The molecular weight excluding hydrogens is 352 g/mol. The molecule has 2 N–H and O–H groups in total. The number of anilines is 1. The first kappa shape index (κ1) is 17.7. The van der Waals surface area contributed by atoms with E-state index in [1.54, 1.807) is 18.5 Å². The van der Waals surface area contributed by atoms with Gasteiger partial charge < -0.3 is 14.9 Å².